The zero-order chi connectivity index (χ0) is 20.3. The molecule has 1 heterocycles. The van der Waals surface area contributed by atoms with E-state index in [4.69, 9.17) is 22.8 Å². The van der Waals surface area contributed by atoms with Gasteiger partial charge >= 0.3 is 0 Å². The SMILES string of the molecule is CNC(=O)c1cccc2cccc([S+]3OCc4ccccc43)c12.[O-][Cl+3]([O-])([O-])[O-]. The Balaban J connectivity index is 0.000000403. The van der Waals surface area contributed by atoms with E-state index in [1.165, 1.54) is 10.5 Å². The van der Waals surface area contributed by atoms with Gasteiger partial charge in [-0.15, -0.1) is 10.2 Å². The molecule has 1 amide bonds. The summed E-state index contributed by atoms with van der Waals surface area (Å²) in [5.41, 5.74) is 1.92. The average Bonchev–Trinajstić information content (AvgIpc) is 3.09. The van der Waals surface area contributed by atoms with E-state index in [0.29, 0.717) is 12.2 Å². The zero-order valence-electron chi connectivity index (χ0n) is 14.7. The summed E-state index contributed by atoms with van der Waals surface area (Å²) in [4.78, 5) is 14.6. The van der Waals surface area contributed by atoms with Crippen LogP contribution in [0, 0.1) is 10.2 Å². The fourth-order valence-corrected chi connectivity index (χ4v) is 4.88. The van der Waals surface area contributed by atoms with Gasteiger partial charge in [0, 0.05) is 12.6 Å². The van der Waals surface area contributed by atoms with Crippen molar-refractivity contribution < 1.29 is 37.9 Å². The van der Waals surface area contributed by atoms with E-state index in [1.807, 2.05) is 42.5 Å². The van der Waals surface area contributed by atoms with Crippen LogP contribution in [-0.4, -0.2) is 13.0 Å². The zero-order valence-corrected chi connectivity index (χ0v) is 16.3. The number of hydrogen-bond donors (Lipinski definition) is 1. The minimum Gasteiger partial charge on any atom is -0.355 e. The molecule has 1 aliphatic rings. The van der Waals surface area contributed by atoms with Crippen LogP contribution >= 0.6 is 0 Å². The summed E-state index contributed by atoms with van der Waals surface area (Å²) in [7, 11) is -3.28. The molecule has 0 spiro atoms. The van der Waals surface area contributed by atoms with Crippen molar-refractivity contribution in [2.24, 2.45) is 0 Å². The molecule has 146 valence electrons. The van der Waals surface area contributed by atoms with Crippen molar-refractivity contribution >= 4 is 27.9 Å². The van der Waals surface area contributed by atoms with Gasteiger partial charge < -0.3 is 5.32 Å². The molecule has 0 saturated carbocycles. The van der Waals surface area contributed by atoms with Gasteiger partial charge in [-0.25, -0.2) is 18.6 Å². The number of rotatable bonds is 2. The number of fused-ring (bicyclic) bond motifs is 2. The highest BCUT2D eigenvalue weighted by molar-refractivity contribution is 7.93. The summed E-state index contributed by atoms with van der Waals surface area (Å²) in [6, 6.07) is 20.3. The second kappa shape index (κ2) is 8.46. The summed E-state index contributed by atoms with van der Waals surface area (Å²) in [5.74, 6) is -0.0702. The molecule has 1 N–H and O–H groups in total. The Bertz CT molecular complexity index is 996. The fourth-order valence-electron chi connectivity index (χ4n) is 2.96. The first-order valence-corrected chi connectivity index (χ1v) is 10.5. The van der Waals surface area contributed by atoms with Crippen LogP contribution in [-0.2, 0) is 22.0 Å². The first kappa shape index (κ1) is 20.6. The average molecular weight is 422 g/mol. The molecule has 1 unspecified atom stereocenters. The predicted octanol–water partition coefficient (Wildman–Crippen LogP) is -1.08. The smallest absolute Gasteiger partial charge is 0.251 e. The summed E-state index contributed by atoms with van der Waals surface area (Å²) in [5, 5.41) is 4.77. The molecule has 3 aromatic rings. The molecule has 0 radical (unpaired) electrons. The van der Waals surface area contributed by atoms with Crippen LogP contribution in [0.3, 0.4) is 0 Å². The molecule has 9 heteroatoms. The second-order valence-corrected chi connectivity index (χ2v) is 8.16. The number of nitrogens with one attached hydrogen (secondary N) is 1. The predicted molar refractivity (Wildman–Crippen MR) is 92.5 cm³/mol. The molecule has 4 rings (SSSR count). The molecular weight excluding hydrogens is 406 g/mol. The molecule has 0 saturated heterocycles. The van der Waals surface area contributed by atoms with Gasteiger partial charge in [0.05, 0.1) is 10.9 Å². The van der Waals surface area contributed by atoms with E-state index in [9.17, 15) is 4.79 Å². The Morgan fingerprint density at radius 2 is 1.57 bits per heavy atom. The van der Waals surface area contributed by atoms with Crippen LogP contribution in [0.25, 0.3) is 10.8 Å². The number of carbonyl (C=O) groups excluding carboxylic acids is 1. The van der Waals surface area contributed by atoms with Gasteiger partial charge in [0.25, 0.3) is 5.91 Å². The third-order valence-electron chi connectivity index (χ3n) is 4.04. The number of halogens is 1. The van der Waals surface area contributed by atoms with E-state index < -0.39 is 21.4 Å². The van der Waals surface area contributed by atoms with Crippen molar-refractivity contribution in [1.29, 1.82) is 0 Å². The van der Waals surface area contributed by atoms with Crippen molar-refractivity contribution in [2.75, 3.05) is 7.05 Å². The third-order valence-corrected chi connectivity index (χ3v) is 5.93. The topological polar surface area (TPSA) is 131 Å². The monoisotopic (exact) mass is 421 g/mol. The molecule has 0 fully saturated rings. The quantitative estimate of drug-likeness (QED) is 0.524. The van der Waals surface area contributed by atoms with Gasteiger partial charge in [-0.1, -0.05) is 42.5 Å². The maximum atomic E-state index is 12.3. The number of hydrogen-bond acceptors (Lipinski definition) is 6. The minimum absolute atomic E-state index is 0.0702. The van der Waals surface area contributed by atoms with Crippen molar-refractivity contribution in [3.8, 4) is 0 Å². The lowest BCUT2D eigenvalue weighted by Crippen LogP contribution is -2.68. The Kier molecular flexibility index (Phi) is 6.21. The molecule has 3 aromatic carbocycles. The van der Waals surface area contributed by atoms with Crippen molar-refractivity contribution in [3.63, 3.8) is 0 Å². The van der Waals surface area contributed by atoms with Gasteiger partial charge in [0.15, 0.2) is 0 Å². The normalized spacial score (nSPS) is 15.5. The van der Waals surface area contributed by atoms with Crippen LogP contribution in [0.4, 0.5) is 0 Å². The molecule has 7 nitrogen and oxygen atoms in total. The Hall–Kier alpha value is -2.17. The largest absolute Gasteiger partial charge is 0.355 e. The highest BCUT2D eigenvalue weighted by Crippen LogP contribution is 2.38. The van der Waals surface area contributed by atoms with E-state index in [1.54, 1.807) is 7.05 Å². The van der Waals surface area contributed by atoms with Gasteiger partial charge in [-0.05, 0) is 23.6 Å². The lowest BCUT2D eigenvalue weighted by Gasteiger charge is -2.17. The number of amides is 1. The highest BCUT2D eigenvalue weighted by atomic mass is 35.7. The van der Waals surface area contributed by atoms with Crippen molar-refractivity contribution in [2.45, 2.75) is 16.4 Å². The van der Waals surface area contributed by atoms with E-state index in [-0.39, 0.29) is 5.91 Å². The summed E-state index contributed by atoms with van der Waals surface area (Å²) in [6.45, 7) is 0.623. The molecule has 0 aromatic heterocycles. The number of carbonyl (C=O) groups is 1. The van der Waals surface area contributed by atoms with Crippen molar-refractivity contribution in [1.82, 2.24) is 5.32 Å². The van der Waals surface area contributed by atoms with Crippen LogP contribution in [0.5, 0.6) is 0 Å². The summed E-state index contributed by atoms with van der Waals surface area (Å²) >= 11 is -0.449. The molecule has 28 heavy (non-hydrogen) atoms. The Labute approximate surface area is 166 Å². The standard InChI is InChI=1S/C19H15NO2S.ClHO4/c1-20-19(21)15-9-4-7-13-8-5-11-17(18(13)15)23-16-10-3-2-6-14(16)12-22-23;2-1(3,4)5/h2-11H,12H2,1H3;(H,2,3,4,5). The van der Waals surface area contributed by atoms with E-state index in [2.05, 4.69) is 23.5 Å². The molecule has 0 bridgehead atoms. The molecule has 1 aliphatic heterocycles. The van der Waals surface area contributed by atoms with E-state index in [0.717, 1.165) is 15.7 Å². The summed E-state index contributed by atoms with van der Waals surface area (Å²) < 4.78 is 40.1. The fraction of sp³-hybridized carbons (Fsp3) is 0.105. The second-order valence-electron chi connectivity index (χ2n) is 5.76. The van der Waals surface area contributed by atoms with Crippen molar-refractivity contribution in [3.05, 3.63) is 71.8 Å². The van der Waals surface area contributed by atoms with Gasteiger partial charge in [0.1, 0.15) is 6.61 Å². The molecule has 1 atom stereocenters. The third kappa shape index (κ3) is 4.62. The van der Waals surface area contributed by atoms with Crippen LogP contribution in [0.2, 0.25) is 0 Å². The van der Waals surface area contributed by atoms with Crippen LogP contribution < -0.4 is 24.0 Å². The first-order valence-electron chi connectivity index (χ1n) is 8.10. The number of benzene rings is 3. The highest BCUT2D eigenvalue weighted by Gasteiger charge is 2.39. The van der Waals surface area contributed by atoms with Crippen LogP contribution in [0.1, 0.15) is 15.9 Å². The molecular formula is C19H16ClNO6S. The van der Waals surface area contributed by atoms with E-state index >= 15 is 0 Å². The van der Waals surface area contributed by atoms with Gasteiger partial charge in [0.2, 0.25) is 21.0 Å². The molecule has 0 aliphatic carbocycles. The maximum absolute atomic E-state index is 12.3. The first-order chi connectivity index (χ1) is 13.3. The minimum atomic E-state index is -4.94. The van der Waals surface area contributed by atoms with Crippen LogP contribution in [0.15, 0.2) is 70.5 Å². The Morgan fingerprint density at radius 1 is 0.964 bits per heavy atom. The van der Waals surface area contributed by atoms with Gasteiger partial charge in [-0.3, -0.25) is 4.79 Å². The maximum Gasteiger partial charge on any atom is 0.251 e. The Morgan fingerprint density at radius 3 is 2.25 bits per heavy atom. The van der Waals surface area contributed by atoms with Gasteiger partial charge in [-0.2, -0.15) is 4.18 Å². The summed E-state index contributed by atoms with van der Waals surface area (Å²) in [6.07, 6.45) is 0. The lowest BCUT2D eigenvalue weighted by molar-refractivity contribution is -2.00. The lowest BCUT2D eigenvalue weighted by atomic mass is 10.0.